The summed E-state index contributed by atoms with van der Waals surface area (Å²) in [6.07, 6.45) is -0.466. The number of aromatic nitrogens is 1. The van der Waals surface area contributed by atoms with Crippen molar-refractivity contribution < 1.29 is 14.7 Å². The Labute approximate surface area is 215 Å². The van der Waals surface area contributed by atoms with Crippen LogP contribution < -0.4 is 5.32 Å². The third kappa shape index (κ3) is 5.39. The topological polar surface area (TPSA) is 98.1 Å². The number of aliphatic hydroxyl groups is 1. The Kier molecular flexibility index (Phi) is 7.83. The second-order valence-electron chi connectivity index (χ2n) is 9.59. The van der Waals surface area contributed by atoms with Gasteiger partial charge in [-0.3, -0.25) is 9.59 Å². The lowest BCUT2D eigenvalue weighted by molar-refractivity contribution is -0.143. The Balaban J connectivity index is 1.42. The smallest absolute Gasteiger partial charge is 0.243 e. The van der Waals surface area contributed by atoms with Gasteiger partial charge >= 0.3 is 0 Å². The standard InChI is InChI=1S/C25H33N5O3S2/c1-14(2)21(25-29(5)16(4)28-35-25)24(33)30-12-19(31)10-20(30)23(32)26-11-17-6-8-18(9-7-17)22-15(3)27-13-34-22/h6-9,13-14,19-21,25,31H,10-12H2,1-5H3,(H,26,32)/t19-,20+,21+,25?/m1/s1. The molecular weight excluding hydrogens is 482 g/mol. The minimum absolute atomic E-state index is 0.0608. The number of amides is 2. The summed E-state index contributed by atoms with van der Waals surface area (Å²) < 4.78 is 4.43. The summed E-state index contributed by atoms with van der Waals surface area (Å²) in [7, 11) is 1.94. The van der Waals surface area contributed by atoms with Gasteiger partial charge in [0.1, 0.15) is 17.3 Å². The van der Waals surface area contributed by atoms with Crippen LogP contribution in [0.5, 0.6) is 0 Å². The van der Waals surface area contributed by atoms with Crippen LogP contribution in [0.1, 0.15) is 38.4 Å². The second-order valence-corrected chi connectivity index (χ2v) is 11.3. The highest BCUT2D eigenvalue weighted by Gasteiger charge is 2.46. The lowest BCUT2D eigenvalue weighted by Gasteiger charge is -2.35. The molecule has 2 aliphatic rings. The van der Waals surface area contributed by atoms with Crippen molar-refractivity contribution in [1.29, 1.82) is 0 Å². The van der Waals surface area contributed by atoms with Crippen LogP contribution in [0.2, 0.25) is 0 Å². The first-order valence-electron chi connectivity index (χ1n) is 11.9. The SMILES string of the molecule is CC1=NSC([C@H](C(=O)N2C[C@H](O)C[C@H]2C(=O)NCc2ccc(-c3scnc3C)cc2)C(C)C)N1C. The number of hydrogen-bond donors (Lipinski definition) is 2. The Bertz CT molecular complexity index is 1100. The summed E-state index contributed by atoms with van der Waals surface area (Å²) in [4.78, 5) is 35.9. The third-order valence-corrected chi connectivity index (χ3v) is 8.96. The molecule has 4 atom stereocenters. The average molecular weight is 516 g/mol. The van der Waals surface area contributed by atoms with Crippen molar-refractivity contribution in [1.82, 2.24) is 20.1 Å². The van der Waals surface area contributed by atoms with Gasteiger partial charge < -0.3 is 20.2 Å². The van der Waals surface area contributed by atoms with Gasteiger partial charge in [0.15, 0.2) is 0 Å². The number of carbonyl (C=O) groups is 2. The number of nitrogens with zero attached hydrogens (tertiary/aromatic N) is 4. The van der Waals surface area contributed by atoms with E-state index < -0.39 is 12.1 Å². The zero-order valence-corrected chi connectivity index (χ0v) is 22.4. The zero-order chi connectivity index (χ0) is 25.3. The molecule has 1 unspecified atom stereocenters. The van der Waals surface area contributed by atoms with Crippen LogP contribution in [-0.2, 0) is 16.1 Å². The van der Waals surface area contributed by atoms with Gasteiger partial charge in [-0.05, 0) is 30.9 Å². The van der Waals surface area contributed by atoms with Crippen LogP contribution in [0.3, 0.4) is 0 Å². The molecule has 2 N–H and O–H groups in total. The molecule has 3 heterocycles. The van der Waals surface area contributed by atoms with E-state index in [-0.39, 0.29) is 42.0 Å². The number of amidine groups is 1. The third-order valence-electron chi connectivity index (χ3n) is 6.79. The molecule has 2 aromatic rings. The summed E-state index contributed by atoms with van der Waals surface area (Å²) in [5.74, 6) is 0.265. The number of aryl methyl sites for hydroxylation is 1. The highest BCUT2D eigenvalue weighted by molar-refractivity contribution is 7.99. The summed E-state index contributed by atoms with van der Waals surface area (Å²) in [5.41, 5.74) is 4.91. The fourth-order valence-corrected chi connectivity index (χ4v) is 6.71. The minimum Gasteiger partial charge on any atom is -0.391 e. The van der Waals surface area contributed by atoms with Crippen molar-refractivity contribution >= 4 is 40.9 Å². The van der Waals surface area contributed by atoms with E-state index in [0.29, 0.717) is 6.54 Å². The predicted molar refractivity (Wildman–Crippen MR) is 141 cm³/mol. The van der Waals surface area contributed by atoms with Crippen molar-refractivity contribution in [3.8, 4) is 10.4 Å². The van der Waals surface area contributed by atoms with E-state index in [9.17, 15) is 14.7 Å². The number of β-amino-alcohol motifs (C(OH)–C–C–N with tert-alkyl or cyclic N) is 1. The maximum Gasteiger partial charge on any atom is 0.243 e. The number of hydrogen-bond acceptors (Lipinski definition) is 8. The molecule has 10 heteroatoms. The van der Waals surface area contributed by atoms with Gasteiger partial charge in [0.2, 0.25) is 11.8 Å². The molecule has 2 aliphatic heterocycles. The first-order chi connectivity index (χ1) is 16.7. The second kappa shape index (κ2) is 10.7. The van der Waals surface area contributed by atoms with E-state index in [1.807, 2.05) is 69.4 Å². The fraction of sp³-hybridized carbons (Fsp3) is 0.520. The van der Waals surface area contributed by atoms with Crippen LogP contribution in [-0.4, -0.2) is 68.7 Å². The van der Waals surface area contributed by atoms with E-state index in [4.69, 9.17) is 0 Å². The molecule has 2 amide bonds. The Morgan fingerprint density at radius 1 is 1.23 bits per heavy atom. The molecule has 188 valence electrons. The van der Waals surface area contributed by atoms with Gasteiger partial charge in [-0.15, -0.1) is 11.3 Å². The molecule has 0 spiro atoms. The minimum atomic E-state index is -0.712. The first kappa shape index (κ1) is 25.7. The lowest BCUT2D eigenvalue weighted by atomic mass is 9.92. The van der Waals surface area contributed by atoms with Crippen molar-refractivity contribution in [2.75, 3.05) is 13.6 Å². The summed E-state index contributed by atoms with van der Waals surface area (Å²) >= 11 is 3.01. The molecule has 4 rings (SSSR count). The molecular formula is C25H33N5O3S2. The highest BCUT2D eigenvalue weighted by atomic mass is 32.2. The summed E-state index contributed by atoms with van der Waals surface area (Å²) in [5, 5.41) is 13.2. The van der Waals surface area contributed by atoms with E-state index in [1.165, 1.54) is 11.9 Å². The first-order valence-corrected chi connectivity index (χ1v) is 13.6. The Morgan fingerprint density at radius 2 is 1.94 bits per heavy atom. The number of benzene rings is 1. The monoisotopic (exact) mass is 515 g/mol. The van der Waals surface area contributed by atoms with Crippen molar-refractivity contribution in [2.24, 2.45) is 16.2 Å². The molecule has 1 aromatic carbocycles. The molecule has 35 heavy (non-hydrogen) atoms. The fourth-order valence-electron chi connectivity index (χ4n) is 4.65. The maximum atomic E-state index is 13.7. The number of carbonyl (C=O) groups excluding carboxylic acids is 2. The molecule has 0 aliphatic carbocycles. The van der Waals surface area contributed by atoms with E-state index in [1.54, 1.807) is 16.2 Å². The van der Waals surface area contributed by atoms with E-state index >= 15 is 0 Å². The Morgan fingerprint density at radius 3 is 2.51 bits per heavy atom. The van der Waals surface area contributed by atoms with Gasteiger partial charge in [-0.25, -0.2) is 9.38 Å². The molecule has 0 saturated carbocycles. The van der Waals surface area contributed by atoms with E-state index in [0.717, 1.165) is 27.5 Å². The molecule has 1 saturated heterocycles. The van der Waals surface area contributed by atoms with E-state index in [2.05, 4.69) is 14.7 Å². The molecule has 0 radical (unpaired) electrons. The normalized spacial score (nSPS) is 23.1. The van der Waals surface area contributed by atoms with Crippen molar-refractivity contribution in [3.05, 3.63) is 41.0 Å². The molecule has 1 aromatic heterocycles. The lowest BCUT2D eigenvalue weighted by Crippen LogP contribution is -2.52. The van der Waals surface area contributed by atoms with Crippen LogP contribution in [0.15, 0.2) is 34.2 Å². The number of nitrogens with one attached hydrogen (secondary N) is 1. The number of aliphatic hydroxyl groups excluding tert-OH is 1. The van der Waals surface area contributed by atoms with Gasteiger partial charge in [0.25, 0.3) is 0 Å². The highest BCUT2D eigenvalue weighted by Crippen LogP contribution is 2.36. The van der Waals surface area contributed by atoms with Crippen LogP contribution in [0.25, 0.3) is 10.4 Å². The van der Waals surface area contributed by atoms with Gasteiger partial charge in [0, 0.05) is 38.5 Å². The molecule has 1 fully saturated rings. The predicted octanol–water partition coefficient (Wildman–Crippen LogP) is 3.31. The molecule has 0 bridgehead atoms. The van der Waals surface area contributed by atoms with Crippen molar-refractivity contribution in [2.45, 2.75) is 58.2 Å². The summed E-state index contributed by atoms with van der Waals surface area (Å²) in [6, 6.07) is 7.36. The summed E-state index contributed by atoms with van der Waals surface area (Å²) in [6.45, 7) is 8.48. The zero-order valence-electron chi connectivity index (χ0n) is 20.8. The number of likely N-dealkylation sites (tertiary alicyclic amines) is 1. The van der Waals surface area contributed by atoms with Gasteiger partial charge in [-0.2, -0.15) is 0 Å². The van der Waals surface area contributed by atoms with Crippen molar-refractivity contribution in [3.63, 3.8) is 0 Å². The van der Waals surface area contributed by atoms with Gasteiger partial charge in [-0.1, -0.05) is 38.1 Å². The Hall–Kier alpha value is -2.43. The van der Waals surface area contributed by atoms with Crippen LogP contribution >= 0.6 is 23.3 Å². The average Bonchev–Trinajstić information content (AvgIpc) is 3.52. The number of thiazole rings is 1. The van der Waals surface area contributed by atoms with Gasteiger partial charge in [0.05, 0.1) is 28.1 Å². The maximum absolute atomic E-state index is 13.7. The quantitative estimate of drug-likeness (QED) is 0.549. The largest absolute Gasteiger partial charge is 0.391 e. The number of rotatable bonds is 7. The van der Waals surface area contributed by atoms with Crippen LogP contribution in [0.4, 0.5) is 0 Å². The van der Waals surface area contributed by atoms with Crippen LogP contribution in [0, 0.1) is 18.8 Å². The molecule has 8 nitrogen and oxygen atoms in total.